The highest BCUT2D eigenvalue weighted by Crippen LogP contribution is 2.43. The Morgan fingerprint density at radius 1 is 0.538 bits per heavy atom. The normalized spacial score (nSPS) is 14.3. The van der Waals surface area contributed by atoms with Crippen molar-refractivity contribution in [2.24, 2.45) is 0 Å². The summed E-state index contributed by atoms with van der Waals surface area (Å²) >= 11 is 0. The van der Waals surface area contributed by atoms with Crippen LogP contribution in [0.15, 0.2) is 36.5 Å². The molecule has 9 heteroatoms. The summed E-state index contributed by atoms with van der Waals surface area (Å²) in [5.41, 5.74) is 0. The van der Waals surface area contributed by atoms with Gasteiger partial charge in [0, 0.05) is 6.42 Å². The van der Waals surface area contributed by atoms with Crippen molar-refractivity contribution in [3.63, 3.8) is 0 Å². The van der Waals surface area contributed by atoms with Crippen molar-refractivity contribution in [2.45, 2.75) is 276 Å². The number of unbranched alkanes of at least 4 members (excludes halogenated alkanes) is 32. The number of aliphatic hydroxyl groups excluding tert-OH is 1. The van der Waals surface area contributed by atoms with Crippen molar-refractivity contribution in [3.05, 3.63) is 36.5 Å². The van der Waals surface area contributed by atoms with Gasteiger partial charge >= 0.3 is 7.82 Å². The topological polar surface area (TPSA) is 105 Å². The molecule has 0 aliphatic heterocycles. The number of carbonyl (C=O) groups is 1. The molecule has 0 rings (SSSR count). The maximum absolute atomic E-state index is 12.9. The second-order valence-electron chi connectivity index (χ2n) is 20.3. The SMILES string of the molecule is CC/C=C\C/C=C\C/C=C\CCCCCCCC(=O)NC(COP(=O)(O)OCC[N+](C)(C)C)C(O)CCCCCCCCCCCCCCCCCCCCCCCCCCCCCC. The lowest BCUT2D eigenvalue weighted by Gasteiger charge is -2.26. The van der Waals surface area contributed by atoms with Gasteiger partial charge in [-0.1, -0.05) is 249 Å². The van der Waals surface area contributed by atoms with Crippen molar-refractivity contribution in [2.75, 3.05) is 40.9 Å². The molecular weight excluding hydrogens is 828 g/mol. The third-order valence-electron chi connectivity index (χ3n) is 12.7. The lowest BCUT2D eigenvalue weighted by atomic mass is 10.0. The third kappa shape index (κ3) is 50.4. The van der Waals surface area contributed by atoms with E-state index in [0.29, 0.717) is 23.9 Å². The van der Waals surface area contributed by atoms with Crippen LogP contribution >= 0.6 is 7.82 Å². The van der Waals surface area contributed by atoms with Crippen LogP contribution in [0.5, 0.6) is 0 Å². The number of aliphatic hydroxyl groups is 1. The largest absolute Gasteiger partial charge is 0.472 e. The van der Waals surface area contributed by atoms with Crippen molar-refractivity contribution in [3.8, 4) is 0 Å². The Bertz CT molecular complexity index is 1150. The first-order valence-electron chi connectivity index (χ1n) is 27.9. The Balaban J connectivity index is 4.11. The highest BCUT2D eigenvalue weighted by Gasteiger charge is 2.28. The van der Waals surface area contributed by atoms with Gasteiger partial charge in [-0.3, -0.25) is 13.8 Å². The summed E-state index contributed by atoms with van der Waals surface area (Å²) < 4.78 is 23.7. The van der Waals surface area contributed by atoms with Crippen molar-refractivity contribution < 1.29 is 32.9 Å². The fourth-order valence-corrected chi connectivity index (χ4v) is 9.03. The molecule has 0 spiro atoms. The summed E-state index contributed by atoms with van der Waals surface area (Å²) in [7, 11) is 1.61. The van der Waals surface area contributed by atoms with E-state index in [1.807, 2.05) is 21.1 Å². The first kappa shape index (κ1) is 63.7. The molecule has 0 saturated heterocycles. The van der Waals surface area contributed by atoms with Gasteiger partial charge in [-0.05, 0) is 44.9 Å². The average Bonchev–Trinajstić information content (AvgIpc) is 3.26. The molecule has 3 unspecified atom stereocenters. The van der Waals surface area contributed by atoms with E-state index in [2.05, 4.69) is 55.6 Å². The number of quaternary nitrogens is 1. The molecule has 0 aliphatic carbocycles. The number of phosphoric ester groups is 1. The second kappa shape index (κ2) is 47.8. The van der Waals surface area contributed by atoms with E-state index in [1.54, 1.807) is 0 Å². The van der Waals surface area contributed by atoms with Crippen LogP contribution in [0.25, 0.3) is 0 Å². The van der Waals surface area contributed by atoms with Crippen LogP contribution in [0.2, 0.25) is 0 Å². The van der Waals surface area contributed by atoms with Gasteiger partial charge < -0.3 is 19.8 Å². The number of nitrogens with zero attached hydrogens (tertiary/aromatic N) is 1. The zero-order valence-electron chi connectivity index (χ0n) is 43.7. The van der Waals surface area contributed by atoms with Crippen LogP contribution in [-0.4, -0.2) is 73.4 Å². The van der Waals surface area contributed by atoms with E-state index < -0.39 is 20.0 Å². The Morgan fingerprint density at radius 2 is 0.923 bits per heavy atom. The van der Waals surface area contributed by atoms with Crippen LogP contribution < -0.4 is 5.32 Å². The predicted molar refractivity (Wildman–Crippen MR) is 281 cm³/mol. The van der Waals surface area contributed by atoms with Gasteiger partial charge in [0.2, 0.25) is 5.91 Å². The summed E-state index contributed by atoms with van der Waals surface area (Å²) in [6.07, 6.45) is 60.7. The Labute approximate surface area is 404 Å². The van der Waals surface area contributed by atoms with Gasteiger partial charge in [0.25, 0.3) is 0 Å². The molecule has 8 nitrogen and oxygen atoms in total. The number of carbonyl (C=O) groups excluding carboxylic acids is 1. The zero-order valence-corrected chi connectivity index (χ0v) is 44.6. The van der Waals surface area contributed by atoms with E-state index in [-0.39, 0.29) is 19.1 Å². The van der Waals surface area contributed by atoms with E-state index >= 15 is 0 Å². The lowest BCUT2D eigenvalue weighted by Crippen LogP contribution is -2.46. The molecule has 0 aromatic carbocycles. The van der Waals surface area contributed by atoms with E-state index in [0.717, 1.165) is 77.0 Å². The Hall–Kier alpha value is -1.28. The number of allylic oxidation sites excluding steroid dienone is 6. The number of nitrogens with one attached hydrogen (secondary N) is 1. The van der Waals surface area contributed by atoms with E-state index in [9.17, 15) is 19.4 Å². The monoisotopic (exact) mass is 938 g/mol. The molecular formula is C56H110N2O6P+. The molecule has 0 radical (unpaired) electrons. The Kier molecular flexibility index (Phi) is 46.8. The van der Waals surface area contributed by atoms with Crippen LogP contribution in [0.1, 0.15) is 264 Å². The number of amides is 1. The van der Waals surface area contributed by atoms with Crippen LogP contribution in [0.3, 0.4) is 0 Å². The number of phosphoric acid groups is 1. The summed E-state index contributed by atoms with van der Waals surface area (Å²) in [5, 5.41) is 14.0. The third-order valence-corrected chi connectivity index (χ3v) is 13.6. The first-order valence-corrected chi connectivity index (χ1v) is 29.3. The number of hydrogen-bond donors (Lipinski definition) is 3. The highest BCUT2D eigenvalue weighted by atomic mass is 31.2. The number of hydrogen-bond acceptors (Lipinski definition) is 5. The lowest BCUT2D eigenvalue weighted by molar-refractivity contribution is -0.870. The minimum atomic E-state index is -4.33. The first-order chi connectivity index (χ1) is 31.5. The van der Waals surface area contributed by atoms with Crippen LogP contribution in [0, 0.1) is 0 Å². The second-order valence-corrected chi connectivity index (χ2v) is 21.7. The van der Waals surface area contributed by atoms with Gasteiger partial charge in [0.05, 0.1) is 39.9 Å². The molecule has 0 saturated carbocycles. The summed E-state index contributed by atoms with van der Waals surface area (Å²) in [6.45, 7) is 4.79. The maximum atomic E-state index is 12.9. The average molecular weight is 938 g/mol. The maximum Gasteiger partial charge on any atom is 0.472 e. The molecule has 1 amide bonds. The molecule has 0 heterocycles. The summed E-state index contributed by atoms with van der Waals surface area (Å²) in [6, 6.07) is -0.770. The minimum absolute atomic E-state index is 0.0708. The van der Waals surface area contributed by atoms with Crippen molar-refractivity contribution in [1.29, 1.82) is 0 Å². The molecule has 0 aromatic rings. The fraction of sp³-hybridized carbons (Fsp3) is 0.875. The van der Waals surface area contributed by atoms with Crippen LogP contribution in [0.4, 0.5) is 0 Å². The molecule has 0 bridgehead atoms. The number of likely N-dealkylation sites (N-methyl/N-ethyl adjacent to an activating group) is 1. The van der Waals surface area contributed by atoms with E-state index in [4.69, 9.17) is 9.05 Å². The van der Waals surface area contributed by atoms with E-state index in [1.165, 1.54) is 161 Å². The van der Waals surface area contributed by atoms with Crippen LogP contribution in [-0.2, 0) is 18.4 Å². The standard InChI is InChI=1S/C56H109N2O6P/c1-6-8-10-12-14-16-18-20-22-23-24-25-26-27-28-29-30-31-32-33-34-36-37-39-41-43-45-47-49-55(59)54(53-64-65(61,62)63-52-51-58(3,4)5)57-56(60)50-48-46-44-42-40-38-35-21-19-17-15-13-11-9-7-2/h9,11,15,17,21,35,54-55,59H,6-8,10,12-14,16,18-20,22-34,36-53H2,1-5H3,(H-,57,60,61,62)/p+1/b11-9-,17-15-,35-21-. The highest BCUT2D eigenvalue weighted by molar-refractivity contribution is 7.47. The molecule has 65 heavy (non-hydrogen) atoms. The minimum Gasteiger partial charge on any atom is -0.391 e. The van der Waals surface area contributed by atoms with Crippen molar-refractivity contribution >= 4 is 13.7 Å². The molecule has 3 atom stereocenters. The fourth-order valence-electron chi connectivity index (χ4n) is 8.30. The summed E-state index contributed by atoms with van der Waals surface area (Å²) in [5.74, 6) is -0.159. The quantitative estimate of drug-likeness (QED) is 0.0243. The van der Waals surface area contributed by atoms with Gasteiger partial charge in [-0.15, -0.1) is 0 Å². The number of rotatable bonds is 51. The van der Waals surface area contributed by atoms with Gasteiger partial charge in [0.15, 0.2) is 0 Å². The van der Waals surface area contributed by atoms with Crippen molar-refractivity contribution in [1.82, 2.24) is 5.32 Å². The molecule has 384 valence electrons. The zero-order chi connectivity index (χ0) is 47.8. The smallest absolute Gasteiger partial charge is 0.391 e. The summed E-state index contributed by atoms with van der Waals surface area (Å²) in [4.78, 5) is 23.3. The molecule has 3 N–H and O–H groups in total. The Morgan fingerprint density at radius 3 is 1.35 bits per heavy atom. The molecule has 0 aliphatic rings. The van der Waals surface area contributed by atoms with Gasteiger partial charge in [0.1, 0.15) is 13.2 Å². The van der Waals surface area contributed by atoms with Gasteiger partial charge in [-0.2, -0.15) is 0 Å². The molecule has 0 aromatic heterocycles. The predicted octanol–water partition coefficient (Wildman–Crippen LogP) is 16.6. The van der Waals surface area contributed by atoms with Gasteiger partial charge in [-0.25, -0.2) is 4.57 Å². The molecule has 0 fully saturated rings.